The zero-order valence-corrected chi connectivity index (χ0v) is 22.5. The van der Waals surface area contributed by atoms with Gasteiger partial charge in [-0.25, -0.2) is 8.42 Å². The number of carbonyl (C=O) groups excluding carboxylic acids is 1. The Hall–Kier alpha value is -3.47. The maximum Gasteiger partial charge on any atom is 0.234 e. The molecule has 0 spiro atoms. The summed E-state index contributed by atoms with van der Waals surface area (Å²) in [5.41, 5.74) is 2.09. The predicted octanol–water partition coefficient (Wildman–Crippen LogP) is 5.88. The van der Waals surface area contributed by atoms with E-state index in [1.165, 1.54) is 38.5 Å². The number of anilines is 1. The van der Waals surface area contributed by atoms with Gasteiger partial charge in [0.25, 0.3) is 0 Å². The van der Waals surface area contributed by atoms with Gasteiger partial charge >= 0.3 is 0 Å². The van der Waals surface area contributed by atoms with Crippen LogP contribution in [-0.4, -0.2) is 39.3 Å². The zero-order valence-electron chi connectivity index (χ0n) is 20.1. The molecule has 1 aromatic heterocycles. The van der Waals surface area contributed by atoms with E-state index < -0.39 is 15.7 Å². The number of ether oxygens (including phenoxy) is 2. The van der Waals surface area contributed by atoms with Crippen molar-refractivity contribution in [3.63, 3.8) is 0 Å². The Morgan fingerprint density at radius 2 is 1.73 bits per heavy atom. The van der Waals surface area contributed by atoms with Crippen LogP contribution in [0.1, 0.15) is 5.56 Å². The fourth-order valence-corrected chi connectivity index (χ4v) is 5.77. The number of halogens is 1. The van der Waals surface area contributed by atoms with Gasteiger partial charge in [0.05, 0.1) is 30.6 Å². The molecule has 0 saturated carbocycles. The number of carbonyl (C=O) groups is 1. The highest BCUT2D eigenvalue weighted by atomic mass is 35.5. The van der Waals surface area contributed by atoms with Crippen LogP contribution in [0.25, 0.3) is 11.5 Å². The van der Waals surface area contributed by atoms with E-state index in [2.05, 4.69) is 10.3 Å². The van der Waals surface area contributed by atoms with E-state index >= 15 is 0 Å². The minimum Gasteiger partial charge on any atom is -0.497 e. The molecule has 4 aromatic rings. The first-order chi connectivity index (χ1) is 17.7. The molecule has 37 heavy (non-hydrogen) atoms. The van der Waals surface area contributed by atoms with Crippen molar-refractivity contribution < 1.29 is 27.1 Å². The quantitative estimate of drug-likeness (QED) is 0.254. The predicted molar refractivity (Wildman–Crippen MR) is 142 cm³/mol. The van der Waals surface area contributed by atoms with Gasteiger partial charge in [-0.2, -0.15) is 4.98 Å². The second-order valence-electron chi connectivity index (χ2n) is 7.84. The maximum absolute atomic E-state index is 13.4. The van der Waals surface area contributed by atoms with Gasteiger partial charge < -0.3 is 19.2 Å². The van der Waals surface area contributed by atoms with Crippen LogP contribution in [0.15, 0.2) is 86.2 Å². The summed E-state index contributed by atoms with van der Waals surface area (Å²) >= 11 is 6.86. The fourth-order valence-electron chi connectivity index (χ4n) is 3.32. The summed E-state index contributed by atoms with van der Waals surface area (Å²) in [6, 6.07) is 18.1. The van der Waals surface area contributed by atoms with Crippen molar-refractivity contribution >= 4 is 44.8 Å². The van der Waals surface area contributed by atoms with Gasteiger partial charge in [0.1, 0.15) is 11.5 Å². The number of nitrogens with zero attached hydrogens (tertiary/aromatic N) is 1. The van der Waals surface area contributed by atoms with Gasteiger partial charge in [0.15, 0.2) is 0 Å². The standard InChI is InChI=1S/C26H23ClN2O6S2/c1-16-4-6-17(7-5-16)24-29-25(37(31,32)20-11-8-18(27)9-12-20)26(35-24)36-15-23(30)28-21-13-10-19(33-2)14-22(21)34-3/h4-14H,15H2,1-3H3,(H,28,30). The zero-order chi connectivity index (χ0) is 26.6. The van der Waals surface area contributed by atoms with Crippen LogP contribution in [0.4, 0.5) is 5.69 Å². The SMILES string of the molecule is COc1ccc(NC(=O)CSc2oc(-c3ccc(C)cc3)nc2S(=O)(=O)c2ccc(Cl)cc2)c(OC)c1. The Balaban J connectivity index is 1.62. The molecule has 11 heteroatoms. The van der Waals surface area contributed by atoms with Crippen molar-refractivity contribution in [3.8, 4) is 23.0 Å². The number of nitrogens with one attached hydrogen (secondary N) is 1. The highest BCUT2D eigenvalue weighted by Gasteiger charge is 2.29. The number of aromatic nitrogens is 1. The Morgan fingerprint density at radius 1 is 1.03 bits per heavy atom. The number of methoxy groups -OCH3 is 2. The Bertz CT molecular complexity index is 1520. The lowest BCUT2D eigenvalue weighted by molar-refractivity contribution is -0.113. The lowest BCUT2D eigenvalue weighted by Crippen LogP contribution is -2.15. The average molecular weight is 559 g/mol. The molecule has 192 valence electrons. The van der Waals surface area contributed by atoms with Gasteiger partial charge in [-0.3, -0.25) is 4.79 Å². The molecule has 0 atom stereocenters. The first kappa shape index (κ1) is 26.6. The van der Waals surface area contributed by atoms with E-state index in [0.29, 0.717) is 27.8 Å². The molecule has 0 bridgehead atoms. The van der Waals surface area contributed by atoms with Crippen LogP contribution < -0.4 is 14.8 Å². The first-order valence-corrected chi connectivity index (χ1v) is 13.8. The molecule has 8 nitrogen and oxygen atoms in total. The minimum atomic E-state index is -4.06. The summed E-state index contributed by atoms with van der Waals surface area (Å²) in [5, 5.41) is 2.89. The van der Waals surface area contributed by atoms with Crippen LogP contribution in [-0.2, 0) is 14.6 Å². The average Bonchev–Trinajstić information content (AvgIpc) is 3.33. The van der Waals surface area contributed by atoms with Gasteiger partial charge in [0.2, 0.25) is 31.8 Å². The van der Waals surface area contributed by atoms with E-state index in [1.54, 1.807) is 30.3 Å². The summed E-state index contributed by atoms with van der Waals surface area (Å²) in [4.78, 5) is 17.1. The number of hydrogen-bond acceptors (Lipinski definition) is 8. The molecule has 1 N–H and O–H groups in total. The number of aryl methyl sites for hydroxylation is 1. The Kier molecular flexibility index (Phi) is 8.11. The number of amides is 1. The van der Waals surface area contributed by atoms with Gasteiger partial charge in [0, 0.05) is 16.7 Å². The molecular weight excluding hydrogens is 536 g/mol. The summed E-state index contributed by atoms with van der Waals surface area (Å²) in [5.74, 6) is 0.598. The molecule has 0 saturated heterocycles. The van der Waals surface area contributed by atoms with E-state index in [1.807, 2.05) is 19.1 Å². The maximum atomic E-state index is 13.4. The third-order valence-electron chi connectivity index (χ3n) is 5.26. The minimum absolute atomic E-state index is 0.00220. The van der Waals surface area contributed by atoms with Crippen molar-refractivity contribution in [1.29, 1.82) is 0 Å². The van der Waals surface area contributed by atoms with E-state index in [0.717, 1.165) is 17.3 Å². The monoisotopic (exact) mass is 558 g/mol. The number of thioether (sulfide) groups is 1. The third kappa shape index (κ3) is 6.10. The fraction of sp³-hybridized carbons (Fsp3) is 0.154. The largest absolute Gasteiger partial charge is 0.497 e. The summed E-state index contributed by atoms with van der Waals surface area (Å²) in [6.45, 7) is 1.94. The molecule has 0 aliphatic heterocycles. The number of sulfone groups is 1. The van der Waals surface area contributed by atoms with Crippen LogP contribution >= 0.6 is 23.4 Å². The van der Waals surface area contributed by atoms with E-state index in [4.69, 9.17) is 25.5 Å². The van der Waals surface area contributed by atoms with Crippen LogP contribution in [0.3, 0.4) is 0 Å². The molecule has 0 aliphatic carbocycles. The van der Waals surface area contributed by atoms with Crippen molar-refractivity contribution in [3.05, 3.63) is 77.3 Å². The Morgan fingerprint density at radius 3 is 2.38 bits per heavy atom. The molecule has 0 unspecified atom stereocenters. The lowest BCUT2D eigenvalue weighted by atomic mass is 10.1. The van der Waals surface area contributed by atoms with Crippen LogP contribution in [0.5, 0.6) is 11.5 Å². The second kappa shape index (κ2) is 11.3. The van der Waals surface area contributed by atoms with E-state index in [9.17, 15) is 13.2 Å². The molecular formula is C26H23ClN2O6S2. The number of rotatable bonds is 9. The first-order valence-electron chi connectivity index (χ1n) is 10.9. The number of oxazole rings is 1. The van der Waals surface area contributed by atoms with E-state index in [-0.39, 0.29) is 26.7 Å². The normalized spacial score (nSPS) is 11.2. The number of benzene rings is 3. The summed E-state index contributed by atoms with van der Waals surface area (Å²) < 4.78 is 43.2. The molecule has 0 aliphatic rings. The van der Waals surface area contributed by atoms with Crippen molar-refractivity contribution in [2.45, 2.75) is 21.9 Å². The topological polar surface area (TPSA) is 108 Å². The molecule has 4 rings (SSSR count). The third-order valence-corrected chi connectivity index (χ3v) is 8.27. The van der Waals surface area contributed by atoms with Crippen LogP contribution in [0, 0.1) is 6.92 Å². The van der Waals surface area contributed by atoms with Gasteiger partial charge in [-0.1, -0.05) is 41.1 Å². The number of hydrogen-bond donors (Lipinski definition) is 1. The summed E-state index contributed by atoms with van der Waals surface area (Å²) in [7, 11) is -1.05. The van der Waals surface area contributed by atoms with Crippen LogP contribution in [0.2, 0.25) is 5.02 Å². The lowest BCUT2D eigenvalue weighted by Gasteiger charge is -2.11. The van der Waals surface area contributed by atoms with Crippen molar-refractivity contribution in [1.82, 2.24) is 4.98 Å². The van der Waals surface area contributed by atoms with Gasteiger partial charge in [-0.15, -0.1) is 0 Å². The molecule has 1 heterocycles. The van der Waals surface area contributed by atoms with Crippen molar-refractivity contribution in [2.24, 2.45) is 0 Å². The summed E-state index contributed by atoms with van der Waals surface area (Å²) in [6.07, 6.45) is 0. The highest BCUT2D eigenvalue weighted by molar-refractivity contribution is 8.00. The molecule has 0 fully saturated rings. The van der Waals surface area contributed by atoms with Gasteiger partial charge in [-0.05, 0) is 55.5 Å². The van der Waals surface area contributed by atoms with Crippen molar-refractivity contribution in [2.75, 3.05) is 25.3 Å². The molecule has 3 aromatic carbocycles. The Labute approximate surface area is 223 Å². The second-order valence-corrected chi connectivity index (χ2v) is 11.1. The molecule has 1 amide bonds. The highest BCUT2D eigenvalue weighted by Crippen LogP contribution is 2.36. The smallest absolute Gasteiger partial charge is 0.234 e. The molecule has 0 radical (unpaired) electrons.